The third-order valence-corrected chi connectivity index (χ3v) is 3.74. The fourth-order valence-electron chi connectivity index (χ4n) is 2.52. The summed E-state index contributed by atoms with van der Waals surface area (Å²) in [6.07, 6.45) is 0.110. The van der Waals surface area contributed by atoms with Crippen molar-refractivity contribution in [1.82, 2.24) is 9.97 Å². The molecule has 6 heteroatoms. The number of hydrogen-bond donors (Lipinski definition) is 2. The lowest BCUT2D eigenvalue weighted by Gasteiger charge is -2.19. The number of aromatic nitrogens is 2. The zero-order valence-corrected chi connectivity index (χ0v) is 11.8. The first-order valence-electron chi connectivity index (χ1n) is 6.72. The van der Waals surface area contributed by atoms with Crippen LogP contribution in [0.4, 0.5) is 13.2 Å². The molecule has 0 aliphatic rings. The molecule has 3 nitrogen and oxygen atoms in total. The van der Waals surface area contributed by atoms with E-state index in [1.165, 1.54) is 18.5 Å². The van der Waals surface area contributed by atoms with E-state index in [1.807, 2.05) is 25.3 Å². The third kappa shape index (κ3) is 2.46. The van der Waals surface area contributed by atoms with E-state index < -0.39 is 12.2 Å². The van der Waals surface area contributed by atoms with E-state index in [4.69, 9.17) is 5.73 Å². The second-order valence-corrected chi connectivity index (χ2v) is 5.21. The Morgan fingerprint density at radius 3 is 2.73 bits per heavy atom. The molecule has 2 heterocycles. The summed E-state index contributed by atoms with van der Waals surface area (Å²) >= 11 is 0. The van der Waals surface area contributed by atoms with Gasteiger partial charge in [-0.15, -0.1) is 0 Å². The van der Waals surface area contributed by atoms with E-state index in [-0.39, 0.29) is 5.56 Å². The molecule has 0 saturated heterocycles. The van der Waals surface area contributed by atoms with Crippen LogP contribution in [-0.4, -0.2) is 16.1 Å². The van der Waals surface area contributed by atoms with Crippen LogP contribution in [0.2, 0.25) is 0 Å². The van der Waals surface area contributed by atoms with Gasteiger partial charge in [0.1, 0.15) is 6.04 Å². The topological polar surface area (TPSA) is 54.7 Å². The van der Waals surface area contributed by atoms with Crippen molar-refractivity contribution in [2.24, 2.45) is 5.73 Å². The molecule has 3 N–H and O–H groups in total. The molecule has 1 unspecified atom stereocenters. The maximum Gasteiger partial charge on any atom is 0.407 e. The number of rotatable bonds is 2. The van der Waals surface area contributed by atoms with E-state index in [9.17, 15) is 13.2 Å². The number of fused-ring (bicyclic) bond motifs is 1. The fourth-order valence-corrected chi connectivity index (χ4v) is 2.52. The molecule has 2 aromatic heterocycles. The largest absolute Gasteiger partial charge is 0.407 e. The van der Waals surface area contributed by atoms with Crippen LogP contribution in [0, 0.1) is 6.92 Å². The van der Waals surface area contributed by atoms with Crippen molar-refractivity contribution in [3.63, 3.8) is 0 Å². The standard InChI is InChI=1S/C16H14F3N3/c1-9-7-22-14-3-2-10(6-12(9)14)13-8-21-5-4-11(13)15(20)16(17,18)19/h2-8,15,22H,20H2,1H3. The Hall–Kier alpha value is -2.34. The van der Waals surface area contributed by atoms with Gasteiger partial charge in [0.2, 0.25) is 0 Å². The number of halogens is 3. The minimum Gasteiger partial charge on any atom is -0.361 e. The van der Waals surface area contributed by atoms with E-state index in [0.717, 1.165) is 16.5 Å². The number of pyridine rings is 1. The third-order valence-electron chi connectivity index (χ3n) is 3.74. The van der Waals surface area contributed by atoms with Crippen LogP contribution in [0.25, 0.3) is 22.0 Å². The second kappa shape index (κ2) is 5.14. The first kappa shape index (κ1) is 14.6. The first-order valence-corrected chi connectivity index (χ1v) is 6.72. The van der Waals surface area contributed by atoms with Crippen LogP contribution in [0.3, 0.4) is 0 Å². The number of aryl methyl sites for hydroxylation is 1. The maximum absolute atomic E-state index is 12.9. The van der Waals surface area contributed by atoms with Gasteiger partial charge in [0.15, 0.2) is 0 Å². The summed E-state index contributed by atoms with van der Waals surface area (Å²) < 4.78 is 38.8. The van der Waals surface area contributed by atoms with Gasteiger partial charge in [-0.1, -0.05) is 6.07 Å². The van der Waals surface area contributed by atoms with Crippen molar-refractivity contribution in [3.05, 3.63) is 54.0 Å². The lowest BCUT2D eigenvalue weighted by Crippen LogP contribution is -2.29. The maximum atomic E-state index is 12.9. The highest BCUT2D eigenvalue weighted by Crippen LogP contribution is 2.36. The van der Waals surface area contributed by atoms with E-state index in [2.05, 4.69) is 9.97 Å². The van der Waals surface area contributed by atoms with Gasteiger partial charge in [-0.25, -0.2) is 0 Å². The highest BCUT2D eigenvalue weighted by molar-refractivity contribution is 5.88. The van der Waals surface area contributed by atoms with Crippen LogP contribution >= 0.6 is 0 Å². The van der Waals surface area contributed by atoms with Crippen molar-refractivity contribution in [2.75, 3.05) is 0 Å². The Kier molecular flexibility index (Phi) is 3.41. The summed E-state index contributed by atoms with van der Waals surface area (Å²) in [6, 6.07) is 4.75. The molecule has 1 aromatic carbocycles. The van der Waals surface area contributed by atoms with Crippen LogP contribution in [-0.2, 0) is 0 Å². The van der Waals surface area contributed by atoms with Crippen molar-refractivity contribution in [3.8, 4) is 11.1 Å². The molecule has 0 spiro atoms. The van der Waals surface area contributed by atoms with Gasteiger partial charge in [-0.3, -0.25) is 4.98 Å². The molecule has 1 atom stereocenters. The van der Waals surface area contributed by atoms with E-state index in [1.54, 1.807) is 6.07 Å². The average molecular weight is 305 g/mol. The van der Waals surface area contributed by atoms with Crippen molar-refractivity contribution in [1.29, 1.82) is 0 Å². The Balaban J connectivity index is 2.16. The Bertz CT molecular complexity index is 821. The zero-order valence-electron chi connectivity index (χ0n) is 11.8. The number of nitrogens with zero attached hydrogens (tertiary/aromatic N) is 1. The van der Waals surface area contributed by atoms with E-state index >= 15 is 0 Å². The number of alkyl halides is 3. The molecule has 0 radical (unpaired) electrons. The fraction of sp³-hybridized carbons (Fsp3) is 0.188. The van der Waals surface area contributed by atoms with Crippen LogP contribution in [0.1, 0.15) is 17.2 Å². The van der Waals surface area contributed by atoms with Crippen LogP contribution in [0.5, 0.6) is 0 Å². The quantitative estimate of drug-likeness (QED) is 0.749. The molecule has 0 amide bonds. The SMILES string of the molecule is Cc1c[nH]c2ccc(-c3cnccc3C(N)C(F)(F)F)cc12. The van der Waals surface area contributed by atoms with Crippen molar-refractivity contribution < 1.29 is 13.2 Å². The Morgan fingerprint density at radius 2 is 2.00 bits per heavy atom. The number of aromatic amines is 1. The second-order valence-electron chi connectivity index (χ2n) is 5.21. The van der Waals surface area contributed by atoms with Crippen LogP contribution in [0.15, 0.2) is 42.9 Å². The predicted molar refractivity (Wildman–Crippen MR) is 79.3 cm³/mol. The monoisotopic (exact) mass is 305 g/mol. The normalized spacial score (nSPS) is 13.5. The van der Waals surface area contributed by atoms with Gasteiger partial charge in [0.25, 0.3) is 0 Å². The number of nitrogens with two attached hydrogens (primary N) is 1. The smallest absolute Gasteiger partial charge is 0.361 e. The molecule has 0 fully saturated rings. The summed E-state index contributed by atoms with van der Waals surface area (Å²) in [5.41, 5.74) is 8.43. The molecule has 3 rings (SSSR count). The number of H-pyrrole nitrogens is 1. The van der Waals surface area contributed by atoms with Gasteiger partial charge < -0.3 is 10.7 Å². The van der Waals surface area contributed by atoms with Gasteiger partial charge in [0, 0.05) is 35.1 Å². The molecular formula is C16H14F3N3. The average Bonchev–Trinajstić information content (AvgIpc) is 2.86. The van der Waals surface area contributed by atoms with Crippen molar-refractivity contribution in [2.45, 2.75) is 19.1 Å². The Labute approximate surface area is 125 Å². The van der Waals surface area contributed by atoms with Gasteiger partial charge in [0.05, 0.1) is 0 Å². The van der Waals surface area contributed by atoms with Crippen molar-refractivity contribution >= 4 is 10.9 Å². The lowest BCUT2D eigenvalue weighted by atomic mass is 9.96. The van der Waals surface area contributed by atoms with Crippen LogP contribution < -0.4 is 5.73 Å². The highest BCUT2D eigenvalue weighted by atomic mass is 19.4. The summed E-state index contributed by atoms with van der Waals surface area (Å²) in [5.74, 6) is 0. The molecule has 0 aliphatic heterocycles. The molecule has 3 aromatic rings. The lowest BCUT2D eigenvalue weighted by molar-refractivity contribution is -0.149. The molecule has 0 bridgehead atoms. The number of benzene rings is 1. The molecule has 0 saturated carbocycles. The molecule has 22 heavy (non-hydrogen) atoms. The molecule has 0 aliphatic carbocycles. The summed E-state index contributed by atoms with van der Waals surface area (Å²) in [5, 5.41) is 0.966. The summed E-state index contributed by atoms with van der Waals surface area (Å²) in [7, 11) is 0. The predicted octanol–water partition coefficient (Wildman–Crippen LogP) is 4.10. The van der Waals surface area contributed by atoms with Gasteiger partial charge in [-0.05, 0) is 41.8 Å². The first-order chi connectivity index (χ1) is 10.4. The number of hydrogen-bond acceptors (Lipinski definition) is 2. The molecular weight excluding hydrogens is 291 g/mol. The minimum atomic E-state index is -4.50. The highest BCUT2D eigenvalue weighted by Gasteiger charge is 2.39. The Morgan fingerprint density at radius 1 is 1.23 bits per heavy atom. The number of nitrogens with one attached hydrogen (secondary N) is 1. The summed E-state index contributed by atoms with van der Waals surface area (Å²) in [4.78, 5) is 7.05. The van der Waals surface area contributed by atoms with Gasteiger partial charge >= 0.3 is 6.18 Å². The summed E-state index contributed by atoms with van der Waals surface area (Å²) in [6.45, 7) is 1.94. The van der Waals surface area contributed by atoms with Gasteiger partial charge in [-0.2, -0.15) is 13.2 Å². The minimum absolute atomic E-state index is 0.0232. The molecule has 114 valence electrons. The van der Waals surface area contributed by atoms with E-state index in [0.29, 0.717) is 11.1 Å². The zero-order chi connectivity index (χ0) is 15.9.